The van der Waals surface area contributed by atoms with Gasteiger partial charge in [0.15, 0.2) is 0 Å². The van der Waals surface area contributed by atoms with Gasteiger partial charge in [-0.2, -0.15) is 5.26 Å². The van der Waals surface area contributed by atoms with Crippen LogP contribution in [0.15, 0.2) is 46.8 Å². The second kappa shape index (κ2) is 10.9. The maximum Gasteiger partial charge on any atom is 0.336 e. The number of non-ortho nitro benzene ring substituents is 1. The first-order valence-electron chi connectivity index (χ1n) is 9.44. The Balaban J connectivity index is 2.55. The number of allylic oxidation sites excluding steroid dienone is 2. The highest BCUT2D eigenvalue weighted by Gasteiger charge is 2.38. The van der Waals surface area contributed by atoms with E-state index in [1.54, 1.807) is 19.9 Å². The van der Waals surface area contributed by atoms with Gasteiger partial charge in [0.1, 0.15) is 13.2 Å². The van der Waals surface area contributed by atoms with Gasteiger partial charge in [-0.1, -0.05) is 12.1 Å². The maximum absolute atomic E-state index is 12.9. The van der Waals surface area contributed by atoms with E-state index >= 15 is 0 Å². The van der Waals surface area contributed by atoms with Gasteiger partial charge in [0.25, 0.3) is 5.69 Å². The largest absolute Gasteiger partial charge is 0.461 e. The van der Waals surface area contributed by atoms with Crippen LogP contribution in [-0.2, 0) is 23.8 Å². The number of nitrogens with one attached hydrogen (secondary N) is 1. The van der Waals surface area contributed by atoms with E-state index in [4.69, 9.17) is 19.5 Å². The first kappa shape index (κ1) is 23.6. The van der Waals surface area contributed by atoms with Crippen molar-refractivity contribution in [1.82, 2.24) is 5.32 Å². The summed E-state index contributed by atoms with van der Waals surface area (Å²) in [5.74, 6) is -2.37. The molecule has 10 nitrogen and oxygen atoms in total. The van der Waals surface area contributed by atoms with E-state index in [0.717, 1.165) is 0 Å². The molecule has 1 heterocycles. The van der Waals surface area contributed by atoms with Gasteiger partial charge in [0.05, 0.1) is 41.1 Å². The lowest BCUT2D eigenvalue weighted by molar-refractivity contribution is -0.384. The van der Waals surface area contributed by atoms with Gasteiger partial charge < -0.3 is 19.5 Å². The molecule has 0 amide bonds. The van der Waals surface area contributed by atoms with Crippen LogP contribution in [0.3, 0.4) is 0 Å². The zero-order valence-corrected chi connectivity index (χ0v) is 17.5. The molecule has 1 aliphatic heterocycles. The Morgan fingerprint density at radius 3 is 2.29 bits per heavy atom. The van der Waals surface area contributed by atoms with Crippen molar-refractivity contribution in [2.75, 3.05) is 26.9 Å². The minimum atomic E-state index is -0.953. The van der Waals surface area contributed by atoms with Crippen LogP contribution in [0, 0.1) is 21.4 Å². The summed E-state index contributed by atoms with van der Waals surface area (Å²) < 4.78 is 15.4. The fourth-order valence-electron chi connectivity index (χ4n) is 3.25. The molecule has 164 valence electrons. The van der Waals surface area contributed by atoms with Crippen molar-refractivity contribution in [3.63, 3.8) is 0 Å². The average molecular weight is 429 g/mol. The van der Waals surface area contributed by atoms with Crippen LogP contribution in [-0.4, -0.2) is 43.8 Å². The normalized spacial score (nSPS) is 15.7. The molecule has 0 fully saturated rings. The first-order valence-corrected chi connectivity index (χ1v) is 9.44. The summed E-state index contributed by atoms with van der Waals surface area (Å²) in [4.78, 5) is 36.5. The van der Waals surface area contributed by atoms with Crippen molar-refractivity contribution in [3.05, 3.63) is 62.5 Å². The fourth-order valence-corrected chi connectivity index (χ4v) is 3.25. The minimum Gasteiger partial charge on any atom is -0.461 e. The second-order valence-electron chi connectivity index (χ2n) is 6.66. The van der Waals surface area contributed by atoms with Gasteiger partial charge >= 0.3 is 11.9 Å². The predicted octanol–water partition coefficient (Wildman–Crippen LogP) is 2.48. The Hall–Kier alpha value is -3.71. The summed E-state index contributed by atoms with van der Waals surface area (Å²) in [6.07, 6.45) is 0.00769. The molecule has 0 bridgehead atoms. The van der Waals surface area contributed by atoms with Crippen molar-refractivity contribution < 1.29 is 28.7 Å². The van der Waals surface area contributed by atoms with Crippen LogP contribution in [0.25, 0.3) is 0 Å². The first-order chi connectivity index (χ1) is 14.8. The monoisotopic (exact) mass is 429 g/mol. The second-order valence-corrected chi connectivity index (χ2v) is 6.66. The lowest BCUT2D eigenvalue weighted by atomic mass is 9.80. The van der Waals surface area contributed by atoms with E-state index < -0.39 is 22.8 Å². The number of carbonyl (C=O) groups is 2. The molecule has 1 aromatic carbocycles. The topological polar surface area (TPSA) is 141 Å². The highest BCUT2D eigenvalue weighted by molar-refractivity contribution is 6.00. The summed E-state index contributed by atoms with van der Waals surface area (Å²) in [6, 6.07) is 7.58. The molecule has 0 radical (unpaired) electrons. The SMILES string of the molecule is COCCOC(=O)C1=C(C)NC(C)=C(C(=O)OCCC#N)[C@H]1c1cccc([N+](=O)[O-])c1. The number of esters is 2. The van der Waals surface area contributed by atoms with Gasteiger partial charge in [-0.15, -0.1) is 0 Å². The Bertz CT molecular complexity index is 975. The predicted molar refractivity (Wildman–Crippen MR) is 108 cm³/mol. The van der Waals surface area contributed by atoms with E-state index in [-0.39, 0.29) is 43.1 Å². The lowest BCUT2D eigenvalue weighted by Crippen LogP contribution is -2.33. The van der Waals surface area contributed by atoms with Crippen LogP contribution in [0.2, 0.25) is 0 Å². The zero-order valence-electron chi connectivity index (χ0n) is 17.5. The summed E-state index contributed by atoms with van der Waals surface area (Å²) in [5, 5.41) is 23.0. The number of ether oxygens (including phenoxy) is 3. The standard InChI is InChI=1S/C21H23N3O7/c1-13-17(20(25)30-9-5-8-22)19(15-6-4-7-16(12-15)24(27)28)18(14(2)23-13)21(26)31-11-10-29-3/h4,6-7,12,19,23H,5,9-11H2,1-3H3/t19-/m1/s1. The number of benzene rings is 1. The molecular weight excluding hydrogens is 406 g/mol. The van der Waals surface area contributed by atoms with Crippen LogP contribution < -0.4 is 5.32 Å². The number of methoxy groups -OCH3 is 1. The molecule has 2 rings (SSSR count). The lowest BCUT2D eigenvalue weighted by Gasteiger charge is -2.30. The number of nitro benzene ring substituents is 1. The number of nitriles is 1. The highest BCUT2D eigenvalue weighted by Crippen LogP contribution is 2.40. The van der Waals surface area contributed by atoms with Crippen LogP contribution >= 0.6 is 0 Å². The number of hydrogen-bond acceptors (Lipinski definition) is 9. The molecule has 0 spiro atoms. The molecule has 10 heteroatoms. The van der Waals surface area contributed by atoms with Gasteiger partial charge in [0, 0.05) is 30.6 Å². The summed E-state index contributed by atoms with van der Waals surface area (Å²) in [5.41, 5.74) is 1.31. The maximum atomic E-state index is 12.9. The number of dihydropyridines is 1. The molecule has 0 aromatic heterocycles. The number of carbonyl (C=O) groups excluding carboxylic acids is 2. The Labute approximate surface area is 179 Å². The van der Waals surface area contributed by atoms with Crippen molar-refractivity contribution >= 4 is 17.6 Å². The Morgan fingerprint density at radius 1 is 1.13 bits per heavy atom. The van der Waals surface area contributed by atoms with Crippen molar-refractivity contribution in [2.45, 2.75) is 26.2 Å². The Kier molecular flexibility index (Phi) is 8.28. The third kappa shape index (κ3) is 5.67. The minimum absolute atomic E-state index is 0.00157. The number of hydrogen-bond donors (Lipinski definition) is 1. The van der Waals surface area contributed by atoms with Gasteiger partial charge in [-0.25, -0.2) is 9.59 Å². The number of rotatable bonds is 9. The molecule has 0 saturated carbocycles. The summed E-state index contributed by atoms with van der Waals surface area (Å²) in [6.45, 7) is 3.35. The molecule has 1 atom stereocenters. The molecule has 1 N–H and O–H groups in total. The fraction of sp³-hybridized carbons (Fsp3) is 0.381. The van der Waals surface area contributed by atoms with Crippen molar-refractivity contribution in [1.29, 1.82) is 5.26 Å². The third-order valence-electron chi connectivity index (χ3n) is 4.58. The molecule has 0 saturated heterocycles. The van der Waals surface area contributed by atoms with E-state index in [1.807, 2.05) is 6.07 Å². The molecular formula is C21H23N3O7. The Morgan fingerprint density at radius 2 is 1.74 bits per heavy atom. The third-order valence-corrected chi connectivity index (χ3v) is 4.58. The number of nitrogens with zero attached hydrogens (tertiary/aromatic N) is 2. The van der Waals surface area contributed by atoms with Crippen molar-refractivity contribution in [3.8, 4) is 6.07 Å². The molecule has 31 heavy (non-hydrogen) atoms. The van der Waals surface area contributed by atoms with Crippen LogP contribution in [0.5, 0.6) is 0 Å². The average Bonchev–Trinajstić information content (AvgIpc) is 2.73. The highest BCUT2D eigenvalue weighted by atomic mass is 16.6. The van der Waals surface area contributed by atoms with Crippen LogP contribution in [0.1, 0.15) is 31.7 Å². The van der Waals surface area contributed by atoms with Gasteiger partial charge in [0.2, 0.25) is 0 Å². The molecule has 1 aliphatic rings. The molecule has 0 unspecified atom stereocenters. The smallest absolute Gasteiger partial charge is 0.336 e. The number of nitro groups is 1. The quantitative estimate of drug-likeness (QED) is 0.271. The summed E-state index contributed by atoms with van der Waals surface area (Å²) >= 11 is 0. The van der Waals surface area contributed by atoms with E-state index in [2.05, 4.69) is 5.32 Å². The molecule has 0 aliphatic carbocycles. The summed E-state index contributed by atoms with van der Waals surface area (Å²) in [7, 11) is 1.47. The van der Waals surface area contributed by atoms with Crippen molar-refractivity contribution in [2.24, 2.45) is 0 Å². The van der Waals surface area contributed by atoms with E-state index in [0.29, 0.717) is 17.0 Å². The molecule has 1 aromatic rings. The van der Waals surface area contributed by atoms with E-state index in [9.17, 15) is 19.7 Å². The zero-order chi connectivity index (χ0) is 23.0. The van der Waals surface area contributed by atoms with Crippen LogP contribution in [0.4, 0.5) is 5.69 Å². The van der Waals surface area contributed by atoms with E-state index in [1.165, 1.54) is 25.3 Å². The van der Waals surface area contributed by atoms with Gasteiger partial charge in [-0.3, -0.25) is 10.1 Å². The van der Waals surface area contributed by atoms with Gasteiger partial charge in [-0.05, 0) is 19.4 Å².